The van der Waals surface area contributed by atoms with Crippen molar-refractivity contribution in [3.63, 3.8) is 0 Å². The fourth-order valence-corrected chi connectivity index (χ4v) is 2.72. The molecule has 0 unspecified atom stereocenters. The molecule has 2 N–H and O–H groups in total. The standard InChI is InChI=1S/C17H21ClN4O/c1-5-22(6-2)11(3)14-7-12(10-21(4)17(14)23)15-8-13(19)9-20-16(15)18/h7-10H,3,5-6,19H2,1-2,4H3. The Hall–Kier alpha value is -2.27. The van der Waals surface area contributed by atoms with Gasteiger partial charge in [0.25, 0.3) is 5.56 Å². The maximum atomic E-state index is 12.5. The van der Waals surface area contributed by atoms with E-state index in [9.17, 15) is 4.79 Å². The molecule has 0 saturated carbocycles. The van der Waals surface area contributed by atoms with Crippen LogP contribution < -0.4 is 11.3 Å². The fourth-order valence-electron chi connectivity index (χ4n) is 2.51. The molecule has 0 fully saturated rings. The molecule has 6 heteroatoms. The summed E-state index contributed by atoms with van der Waals surface area (Å²) in [6.07, 6.45) is 3.23. The Morgan fingerprint density at radius 3 is 2.65 bits per heavy atom. The number of nitrogens with two attached hydrogens (primary N) is 1. The van der Waals surface area contributed by atoms with Crippen LogP contribution in [0.5, 0.6) is 0 Å². The van der Waals surface area contributed by atoms with E-state index in [4.69, 9.17) is 17.3 Å². The molecule has 2 aromatic heterocycles. The fraction of sp³-hybridized carbons (Fsp3) is 0.294. The predicted octanol–water partition coefficient (Wildman–Crippen LogP) is 3.00. The normalized spacial score (nSPS) is 10.6. The second-order valence-electron chi connectivity index (χ2n) is 5.28. The highest BCUT2D eigenvalue weighted by atomic mass is 35.5. The largest absolute Gasteiger partial charge is 0.397 e. The summed E-state index contributed by atoms with van der Waals surface area (Å²) >= 11 is 6.19. The Kier molecular flexibility index (Phi) is 5.11. The van der Waals surface area contributed by atoms with Gasteiger partial charge in [0.2, 0.25) is 0 Å². The maximum absolute atomic E-state index is 12.5. The lowest BCUT2D eigenvalue weighted by Gasteiger charge is -2.24. The first-order valence-corrected chi connectivity index (χ1v) is 7.83. The Labute approximate surface area is 141 Å². The van der Waals surface area contributed by atoms with Crippen LogP contribution in [0.25, 0.3) is 16.8 Å². The van der Waals surface area contributed by atoms with Gasteiger partial charge in [-0.1, -0.05) is 18.2 Å². The number of anilines is 1. The van der Waals surface area contributed by atoms with Gasteiger partial charge in [-0.25, -0.2) is 4.98 Å². The molecule has 0 aliphatic heterocycles. The lowest BCUT2D eigenvalue weighted by Crippen LogP contribution is -2.27. The van der Waals surface area contributed by atoms with Crippen LogP contribution in [-0.2, 0) is 7.05 Å². The van der Waals surface area contributed by atoms with Crippen molar-refractivity contribution >= 4 is 23.0 Å². The van der Waals surface area contributed by atoms with Gasteiger partial charge in [0.15, 0.2) is 0 Å². The number of nitrogen functional groups attached to an aromatic ring is 1. The third kappa shape index (κ3) is 3.40. The molecular formula is C17H21ClN4O. The zero-order valence-electron chi connectivity index (χ0n) is 13.6. The van der Waals surface area contributed by atoms with Gasteiger partial charge < -0.3 is 15.2 Å². The predicted molar refractivity (Wildman–Crippen MR) is 96.3 cm³/mol. The van der Waals surface area contributed by atoms with E-state index < -0.39 is 0 Å². The first-order valence-electron chi connectivity index (χ1n) is 7.45. The van der Waals surface area contributed by atoms with Crippen LogP contribution in [0.4, 0.5) is 5.69 Å². The van der Waals surface area contributed by atoms with Crippen LogP contribution in [-0.4, -0.2) is 27.5 Å². The van der Waals surface area contributed by atoms with Gasteiger partial charge in [-0.05, 0) is 26.0 Å². The van der Waals surface area contributed by atoms with Gasteiger partial charge in [0.05, 0.1) is 17.4 Å². The average Bonchev–Trinajstić information content (AvgIpc) is 2.53. The first-order chi connectivity index (χ1) is 10.9. The van der Waals surface area contributed by atoms with Crippen molar-refractivity contribution in [1.29, 1.82) is 0 Å². The number of nitrogens with zero attached hydrogens (tertiary/aromatic N) is 3. The molecule has 5 nitrogen and oxygen atoms in total. The van der Waals surface area contributed by atoms with Gasteiger partial charge in [-0.15, -0.1) is 0 Å². The van der Waals surface area contributed by atoms with Crippen LogP contribution in [0.15, 0.2) is 35.9 Å². The molecule has 2 rings (SSSR count). The van der Waals surface area contributed by atoms with E-state index >= 15 is 0 Å². The van der Waals surface area contributed by atoms with Gasteiger partial charge in [-0.2, -0.15) is 0 Å². The zero-order valence-corrected chi connectivity index (χ0v) is 14.4. The number of rotatable bonds is 5. The first kappa shape index (κ1) is 17.1. The molecule has 122 valence electrons. The monoisotopic (exact) mass is 332 g/mol. The summed E-state index contributed by atoms with van der Waals surface area (Å²) in [6, 6.07) is 3.55. The van der Waals surface area contributed by atoms with Crippen LogP contribution >= 0.6 is 11.6 Å². The van der Waals surface area contributed by atoms with Gasteiger partial charge >= 0.3 is 0 Å². The minimum Gasteiger partial charge on any atom is -0.397 e. The molecule has 0 bridgehead atoms. The van der Waals surface area contributed by atoms with Crippen molar-refractivity contribution in [2.45, 2.75) is 13.8 Å². The molecule has 0 spiro atoms. The van der Waals surface area contributed by atoms with Crippen molar-refractivity contribution in [2.75, 3.05) is 18.8 Å². The van der Waals surface area contributed by atoms with Gasteiger partial charge in [-0.3, -0.25) is 4.79 Å². The van der Waals surface area contributed by atoms with Crippen LogP contribution in [0.3, 0.4) is 0 Å². The van der Waals surface area contributed by atoms with Crippen LogP contribution in [0, 0.1) is 0 Å². The summed E-state index contributed by atoms with van der Waals surface area (Å²) in [5, 5.41) is 0.345. The molecule has 0 radical (unpaired) electrons. The number of pyridine rings is 2. The highest BCUT2D eigenvalue weighted by molar-refractivity contribution is 6.32. The molecule has 2 heterocycles. The second-order valence-corrected chi connectivity index (χ2v) is 5.64. The number of halogens is 1. The summed E-state index contributed by atoms with van der Waals surface area (Å²) in [7, 11) is 1.71. The van der Waals surface area contributed by atoms with E-state index in [0.29, 0.717) is 27.7 Å². The Morgan fingerprint density at radius 2 is 2.04 bits per heavy atom. The highest BCUT2D eigenvalue weighted by Crippen LogP contribution is 2.29. The van der Waals surface area contributed by atoms with Gasteiger partial charge in [0.1, 0.15) is 5.15 Å². The van der Waals surface area contributed by atoms with E-state index in [-0.39, 0.29) is 5.56 Å². The third-order valence-corrected chi connectivity index (χ3v) is 4.11. The molecule has 0 aliphatic rings. The summed E-state index contributed by atoms with van der Waals surface area (Å²) < 4.78 is 1.53. The summed E-state index contributed by atoms with van der Waals surface area (Å²) in [6.45, 7) is 9.70. The van der Waals surface area contributed by atoms with Crippen molar-refractivity contribution in [3.05, 3.63) is 52.2 Å². The van der Waals surface area contributed by atoms with Gasteiger partial charge in [0, 0.05) is 43.2 Å². The molecule has 0 aliphatic carbocycles. The van der Waals surface area contributed by atoms with E-state index in [1.807, 2.05) is 18.7 Å². The molecule has 0 saturated heterocycles. The molecule has 0 aromatic carbocycles. The average molecular weight is 333 g/mol. The summed E-state index contributed by atoms with van der Waals surface area (Å²) in [4.78, 5) is 18.6. The van der Waals surface area contributed by atoms with Crippen molar-refractivity contribution in [3.8, 4) is 11.1 Å². The maximum Gasteiger partial charge on any atom is 0.259 e. The molecule has 0 atom stereocenters. The minimum atomic E-state index is -0.0985. The zero-order chi connectivity index (χ0) is 17.1. The van der Waals surface area contributed by atoms with Crippen molar-refractivity contribution in [2.24, 2.45) is 7.05 Å². The second kappa shape index (κ2) is 6.87. The van der Waals surface area contributed by atoms with E-state index in [2.05, 4.69) is 11.6 Å². The van der Waals surface area contributed by atoms with Crippen LogP contribution in [0.2, 0.25) is 5.15 Å². The highest BCUT2D eigenvalue weighted by Gasteiger charge is 2.15. The molecule has 23 heavy (non-hydrogen) atoms. The van der Waals surface area contributed by atoms with E-state index in [1.54, 1.807) is 25.4 Å². The Balaban J connectivity index is 2.63. The summed E-state index contributed by atoms with van der Waals surface area (Å²) in [5.74, 6) is 0. The number of hydrogen-bond donors (Lipinski definition) is 1. The van der Waals surface area contributed by atoms with Crippen molar-refractivity contribution < 1.29 is 0 Å². The summed E-state index contributed by atoms with van der Waals surface area (Å²) in [5.41, 5.74) is 8.94. The number of aryl methyl sites for hydroxylation is 1. The van der Waals surface area contributed by atoms with E-state index in [0.717, 1.165) is 18.7 Å². The van der Waals surface area contributed by atoms with E-state index in [1.165, 1.54) is 10.8 Å². The smallest absolute Gasteiger partial charge is 0.259 e. The van der Waals surface area contributed by atoms with Crippen LogP contribution in [0.1, 0.15) is 19.4 Å². The SMILES string of the molecule is C=C(c1cc(-c2cc(N)cnc2Cl)cn(C)c1=O)N(CC)CC. The minimum absolute atomic E-state index is 0.0985. The number of aromatic nitrogens is 2. The third-order valence-electron chi connectivity index (χ3n) is 3.81. The number of hydrogen-bond acceptors (Lipinski definition) is 4. The molecular weight excluding hydrogens is 312 g/mol. The quantitative estimate of drug-likeness (QED) is 0.855. The Bertz CT molecular complexity index is 794. The molecule has 2 aromatic rings. The lowest BCUT2D eigenvalue weighted by molar-refractivity contribution is 0.442. The topological polar surface area (TPSA) is 64.1 Å². The lowest BCUT2D eigenvalue weighted by atomic mass is 10.1. The molecule has 0 amide bonds. The Morgan fingerprint density at radius 1 is 1.39 bits per heavy atom. The van der Waals surface area contributed by atoms with Crippen molar-refractivity contribution in [1.82, 2.24) is 14.5 Å².